The molecular formula is C12H17F2NO2. The monoisotopic (exact) mass is 245 g/mol. The van der Waals surface area contributed by atoms with E-state index in [2.05, 4.69) is 0 Å². The molecule has 0 saturated heterocycles. The summed E-state index contributed by atoms with van der Waals surface area (Å²) in [6.07, 6.45) is 0.402. The molecule has 96 valence electrons. The van der Waals surface area contributed by atoms with Crippen molar-refractivity contribution in [3.05, 3.63) is 35.4 Å². The lowest BCUT2D eigenvalue weighted by Crippen LogP contribution is -2.38. The highest BCUT2D eigenvalue weighted by molar-refractivity contribution is 5.18. The van der Waals surface area contributed by atoms with E-state index in [1.807, 2.05) is 0 Å². The van der Waals surface area contributed by atoms with E-state index in [4.69, 9.17) is 10.2 Å². The molecule has 0 amide bonds. The third-order valence-corrected chi connectivity index (χ3v) is 2.79. The van der Waals surface area contributed by atoms with Crippen LogP contribution in [0.2, 0.25) is 0 Å². The van der Waals surface area contributed by atoms with Crippen LogP contribution in [0.4, 0.5) is 8.78 Å². The predicted octanol–water partition coefficient (Wildman–Crippen LogP) is 0.792. The van der Waals surface area contributed by atoms with Crippen LogP contribution in [-0.4, -0.2) is 48.0 Å². The summed E-state index contributed by atoms with van der Waals surface area (Å²) in [5, 5.41) is 17.9. The SMILES string of the molecule is CN(CCc1ccc(F)cc1F)C(CO)CO. The van der Waals surface area contributed by atoms with Crippen LogP contribution in [-0.2, 0) is 6.42 Å². The average Bonchev–Trinajstić information content (AvgIpc) is 2.29. The van der Waals surface area contributed by atoms with E-state index in [1.165, 1.54) is 12.1 Å². The largest absolute Gasteiger partial charge is 0.395 e. The Kier molecular flexibility index (Phi) is 5.47. The second-order valence-corrected chi connectivity index (χ2v) is 3.99. The van der Waals surface area contributed by atoms with Crippen molar-refractivity contribution in [2.24, 2.45) is 0 Å². The van der Waals surface area contributed by atoms with E-state index in [1.54, 1.807) is 11.9 Å². The van der Waals surface area contributed by atoms with Crippen LogP contribution >= 0.6 is 0 Å². The van der Waals surface area contributed by atoms with Crippen molar-refractivity contribution >= 4 is 0 Å². The fourth-order valence-corrected chi connectivity index (χ4v) is 1.54. The van der Waals surface area contributed by atoms with Crippen molar-refractivity contribution < 1.29 is 19.0 Å². The van der Waals surface area contributed by atoms with Gasteiger partial charge in [-0.25, -0.2) is 8.78 Å². The van der Waals surface area contributed by atoms with Gasteiger partial charge in [-0.3, -0.25) is 4.90 Å². The summed E-state index contributed by atoms with van der Waals surface area (Å²) in [5.41, 5.74) is 0.424. The third-order valence-electron chi connectivity index (χ3n) is 2.79. The minimum absolute atomic E-state index is 0.154. The quantitative estimate of drug-likeness (QED) is 0.779. The van der Waals surface area contributed by atoms with E-state index >= 15 is 0 Å². The molecular weight excluding hydrogens is 228 g/mol. The van der Waals surface area contributed by atoms with Crippen molar-refractivity contribution in [2.45, 2.75) is 12.5 Å². The molecule has 5 heteroatoms. The standard InChI is InChI=1S/C12H17F2NO2/c1-15(11(7-16)8-17)5-4-9-2-3-10(13)6-12(9)14/h2-3,6,11,16-17H,4-5,7-8H2,1H3. The average molecular weight is 245 g/mol. The highest BCUT2D eigenvalue weighted by Gasteiger charge is 2.13. The molecule has 0 spiro atoms. The Hall–Kier alpha value is -1.04. The van der Waals surface area contributed by atoms with Gasteiger partial charge in [-0.15, -0.1) is 0 Å². The number of halogens is 2. The van der Waals surface area contributed by atoms with Gasteiger partial charge in [0.15, 0.2) is 0 Å². The predicted molar refractivity (Wildman–Crippen MR) is 60.7 cm³/mol. The van der Waals surface area contributed by atoms with Gasteiger partial charge in [0.05, 0.1) is 19.3 Å². The zero-order chi connectivity index (χ0) is 12.8. The molecule has 0 atom stereocenters. The Morgan fingerprint density at radius 1 is 1.24 bits per heavy atom. The maximum absolute atomic E-state index is 13.3. The van der Waals surface area contributed by atoms with Crippen molar-refractivity contribution in [3.8, 4) is 0 Å². The summed E-state index contributed by atoms with van der Waals surface area (Å²) in [6, 6.07) is 3.13. The molecule has 1 aromatic carbocycles. The van der Waals surface area contributed by atoms with Gasteiger partial charge in [0.2, 0.25) is 0 Å². The van der Waals surface area contributed by atoms with Crippen LogP contribution in [0.5, 0.6) is 0 Å². The summed E-state index contributed by atoms with van der Waals surface area (Å²) < 4.78 is 26.0. The molecule has 0 heterocycles. The number of aliphatic hydroxyl groups is 2. The van der Waals surface area contributed by atoms with Gasteiger partial charge in [-0.1, -0.05) is 6.07 Å². The van der Waals surface area contributed by atoms with Gasteiger partial charge in [-0.05, 0) is 25.1 Å². The van der Waals surface area contributed by atoms with Crippen LogP contribution in [0.1, 0.15) is 5.56 Å². The van der Waals surface area contributed by atoms with Crippen LogP contribution in [0.25, 0.3) is 0 Å². The number of hydrogen-bond donors (Lipinski definition) is 2. The molecule has 1 aromatic rings. The first-order chi connectivity index (χ1) is 8.08. The highest BCUT2D eigenvalue weighted by atomic mass is 19.1. The van der Waals surface area contributed by atoms with E-state index < -0.39 is 11.6 Å². The maximum Gasteiger partial charge on any atom is 0.129 e. The summed E-state index contributed by atoms with van der Waals surface area (Å²) in [7, 11) is 1.73. The number of benzene rings is 1. The van der Waals surface area contributed by atoms with Crippen LogP contribution in [0.3, 0.4) is 0 Å². The minimum Gasteiger partial charge on any atom is -0.395 e. The van der Waals surface area contributed by atoms with E-state index in [0.717, 1.165) is 6.07 Å². The number of aliphatic hydroxyl groups excluding tert-OH is 2. The molecule has 0 bridgehead atoms. The first-order valence-electron chi connectivity index (χ1n) is 5.44. The zero-order valence-corrected chi connectivity index (χ0v) is 9.74. The van der Waals surface area contributed by atoms with Crippen LogP contribution in [0.15, 0.2) is 18.2 Å². The molecule has 0 fully saturated rings. The van der Waals surface area contributed by atoms with Crippen LogP contribution < -0.4 is 0 Å². The van der Waals surface area contributed by atoms with E-state index in [-0.39, 0.29) is 19.3 Å². The highest BCUT2D eigenvalue weighted by Crippen LogP contribution is 2.11. The Bertz CT molecular complexity index is 356. The number of rotatable bonds is 6. The second-order valence-electron chi connectivity index (χ2n) is 3.99. The summed E-state index contributed by atoms with van der Waals surface area (Å²) in [4.78, 5) is 1.74. The lowest BCUT2D eigenvalue weighted by Gasteiger charge is -2.24. The first-order valence-corrected chi connectivity index (χ1v) is 5.44. The maximum atomic E-state index is 13.3. The van der Waals surface area contributed by atoms with Gasteiger partial charge < -0.3 is 10.2 Å². The van der Waals surface area contributed by atoms with Gasteiger partial charge in [0.25, 0.3) is 0 Å². The molecule has 1 rings (SSSR count). The van der Waals surface area contributed by atoms with Crippen molar-refractivity contribution in [1.82, 2.24) is 4.90 Å². The molecule has 2 N–H and O–H groups in total. The lowest BCUT2D eigenvalue weighted by molar-refractivity contribution is 0.0924. The molecule has 0 aromatic heterocycles. The minimum atomic E-state index is -0.594. The molecule has 0 aliphatic carbocycles. The summed E-state index contributed by atoms with van der Waals surface area (Å²) in [5.74, 6) is -1.16. The van der Waals surface area contributed by atoms with Gasteiger partial charge in [0.1, 0.15) is 11.6 Å². The Balaban J connectivity index is 2.55. The van der Waals surface area contributed by atoms with Crippen molar-refractivity contribution in [1.29, 1.82) is 0 Å². The molecule has 0 radical (unpaired) electrons. The fraction of sp³-hybridized carbons (Fsp3) is 0.500. The molecule has 0 saturated carbocycles. The third kappa shape index (κ3) is 4.03. The second kappa shape index (κ2) is 6.64. The summed E-state index contributed by atoms with van der Waals surface area (Å²) in [6.45, 7) is 0.173. The van der Waals surface area contributed by atoms with Gasteiger partial charge in [-0.2, -0.15) is 0 Å². The van der Waals surface area contributed by atoms with Crippen molar-refractivity contribution in [2.75, 3.05) is 26.8 Å². The molecule has 0 unspecified atom stereocenters. The molecule has 0 aliphatic rings. The molecule has 17 heavy (non-hydrogen) atoms. The smallest absolute Gasteiger partial charge is 0.129 e. The number of hydrogen-bond acceptors (Lipinski definition) is 3. The Labute approximate surface area is 99.3 Å². The Morgan fingerprint density at radius 2 is 1.88 bits per heavy atom. The Morgan fingerprint density at radius 3 is 2.41 bits per heavy atom. The number of nitrogens with zero attached hydrogens (tertiary/aromatic N) is 1. The van der Waals surface area contributed by atoms with Crippen molar-refractivity contribution in [3.63, 3.8) is 0 Å². The number of likely N-dealkylation sites (N-methyl/N-ethyl adjacent to an activating group) is 1. The first kappa shape index (κ1) is 14.0. The van der Waals surface area contributed by atoms with E-state index in [9.17, 15) is 8.78 Å². The summed E-state index contributed by atoms with van der Waals surface area (Å²) >= 11 is 0. The van der Waals surface area contributed by atoms with Gasteiger partial charge >= 0.3 is 0 Å². The van der Waals surface area contributed by atoms with E-state index in [0.29, 0.717) is 18.5 Å². The van der Waals surface area contributed by atoms with Gasteiger partial charge in [0, 0.05) is 12.6 Å². The normalized spacial score (nSPS) is 11.5. The lowest BCUT2D eigenvalue weighted by atomic mass is 10.1. The fourth-order valence-electron chi connectivity index (χ4n) is 1.54. The molecule has 0 aliphatic heterocycles. The zero-order valence-electron chi connectivity index (χ0n) is 9.74. The topological polar surface area (TPSA) is 43.7 Å². The molecule has 3 nitrogen and oxygen atoms in total. The van der Waals surface area contributed by atoms with Crippen LogP contribution in [0, 0.1) is 11.6 Å².